The molecule has 5 heteroatoms. The van der Waals surface area contributed by atoms with E-state index in [-0.39, 0.29) is 30.6 Å². The lowest BCUT2D eigenvalue weighted by Gasteiger charge is -2.30. The molecular weight excluding hydrogens is 280 g/mol. The number of hydrogen-bond acceptors (Lipinski definition) is 4. The molecule has 1 aliphatic heterocycles. The van der Waals surface area contributed by atoms with Crippen molar-refractivity contribution >= 4 is 11.7 Å². The quantitative estimate of drug-likeness (QED) is 0.786. The number of rotatable bonds is 6. The van der Waals surface area contributed by atoms with Crippen molar-refractivity contribution in [2.75, 3.05) is 20.2 Å². The third-order valence-corrected chi connectivity index (χ3v) is 4.17. The average molecular weight is 304 g/mol. The fraction of sp³-hybridized carbons (Fsp3) is 0.529. The molecule has 1 aromatic carbocycles. The third kappa shape index (κ3) is 4.56. The first-order valence-electron chi connectivity index (χ1n) is 7.77. The van der Waals surface area contributed by atoms with Gasteiger partial charge < -0.3 is 15.4 Å². The van der Waals surface area contributed by atoms with Gasteiger partial charge in [-0.15, -0.1) is 0 Å². The lowest BCUT2D eigenvalue weighted by molar-refractivity contribution is -0.122. The Labute approximate surface area is 131 Å². The standard InChI is InChI=1S/C17H24N2O3/c1-12-9-10-18-11-15(12)19-17(21)8-7-16(20)13-3-5-14(22-2)6-4-13/h3-6,12,15,18H,7-11H2,1-2H3,(H,19,21). The minimum absolute atomic E-state index is 0.0207. The van der Waals surface area contributed by atoms with E-state index in [0.717, 1.165) is 19.5 Å². The lowest BCUT2D eigenvalue weighted by Crippen LogP contribution is -2.50. The van der Waals surface area contributed by atoms with Crippen molar-refractivity contribution in [3.63, 3.8) is 0 Å². The Kier molecular flexibility index (Phi) is 5.95. The van der Waals surface area contributed by atoms with Gasteiger partial charge in [0.1, 0.15) is 5.75 Å². The lowest BCUT2D eigenvalue weighted by atomic mass is 9.94. The van der Waals surface area contributed by atoms with E-state index in [1.807, 2.05) is 0 Å². The molecule has 2 N–H and O–H groups in total. The van der Waals surface area contributed by atoms with Crippen LogP contribution in [0.2, 0.25) is 0 Å². The molecule has 2 atom stereocenters. The van der Waals surface area contributed by atoms with Crippen molar-refractivity contribution in [2.24, 2.45) is 5.92 Å². The highest BCUT2D eigenvalue weighted by atomic mass is 16.5. The van der Waals surface area contributed by atoms with Crippen molar-refractivity contribution in [3.8, 4) is 5.75 Å². The Morgan fingerprint density at radius 2 is 2.00 bits per heavy atom. The largest absolute Gasteiger partial charge is 0.497 e. The molecule has 2 unspecified atom stereocenters. The van der Waals surface area contributed by atoms with Gasteiger partial charge in [0.2, 0.25) is 5.91 Å². The maximum atomic E-state index is 12.1. The Hall–Kier alpha value is -1.88. The van der Waals surface area contributed by atoms with Crippen LogP contribution in [0.1, 0.15) is 36.5 Å². The predicted molar refractivity (Wildman–Crippen MR) is 85.1 cm³/mol. The van der Waals surface area contributed by atoms with E-state index in [9.17, 15) is 9.59 Å². The molecule has 0 radical (unpaired) electrons. The van der Waals surface area contributed by atoms with E-state index >= 15 is 0 Å². The normalized spacial score (nSPS) is 21.2. The summed E-state index contributed by atoms with van der Waals surface area (Å²) in [5.74, 6) is 1.12. The zero-order valence-electron chi connectivity index (χ0n) is 13.2. The second kappa shape index (κ2) is 7.94. The summed E-state index contributed by atoms with van der Waals surface area (Å²) in [4.78, 5) is 24.1. The molecule has 2 rings (SSSR count). The fourth-order valence-electron chi connectivity index (χ4n) is 2.61. The first kappa shape index (κ1) is 16.5. The van der Waals surface area contributed by atoms with E-state index < -0.39 is 0 Å². The van der Waals surface area contributed by atoms with E-state index in [1.54, 1.807) is 31.4 Å². The van der Waals surface area contributed by atoms with Crippen molar-refractivity contribution in [3.05, 3.63) is 29.8 Å². The van der Waals surface area contributed by atoms with Gasteiger partial charge in [-0.1, -0.05) is 6.92 Å². The van der Waals surface area contributed by atoms with Crippen LogP contribution >= 0.6 is 0 Å². The molecule has 22 heavy (non-hydrogen) atoms. The van der Waals surface area contributed by atoms with Crippen molar-refractivity contribution < 1.29 is 14.3 Å². The Bertz CT molecular complexity index is 513. The SMILES string of the molecule is COc1ccc(C(=O)CCC(=O)NC2CNCCC2C)cc1. The number of hydrogen-bond donors (Lipinski definition) is 2. The molecule has 0 aromatic heterocycles. The van der Waals surface area contributed by atoms with Crippen LogP contribution < -0.4 is 15.4 Å². The van der Waals surface area contributed by atoms with E-state index in [4.69, 9.17) is 4.74 Å². The monoisotopic (exact) mass is 304 g/mol. The first-order chi connectivity index (χ1) is 10.6. The van der Waals surface area contributed by atoms with Crippen LogP contribution in [0.25, 0.3) is 0 Å². The molecule has 0 aliphatic carbocycles. The molecule has 1 fully saturated rings. The summed E-state index contributed by atoms with van der Waals surface area (Å²) < 4.78 is 5.06. The fourth-order valence-corrected chi connectivity index (χ4v) is 2.61. The second-order valence-electron chi connectivity index (χ2n) is 5.80. The maximum Gasteiger partial charge on any atom is 0.220 e. The zero-order chi connectivity index (χ0) is 15.9. The van der Waals surface area contributed by atoms with Gasteiger partial charge in [0.25, 0.3) is 0 Å². The molecule has 0 saturated carbocycles. The molecule has 120 valence electrons. The summed E-state index contributed by atoms with van der Waals surface area (Å²) in [7, 11) is 1.59. The minimum atomic E-state index is -0.0533. The van der Waals surface area contributed by atoms with Crippen LogP contribution in [-0.4, -0.2) is 37.9 Å². The van der Waals surface area contributed by atoms with Crippen molar-refractivity contribution in [1.29, 1.82) is 0 Å². The van der Waals surface area contributed by atoms with E-state index in [1.165, 1.54) is 0 Å². The van der Waals surface area contributed by atoms with E-state index in [0.29, 0.717) is 17.2 Å². The van der Waals surface area contributed by atoms with Gasteiger partial charge in [-0.3, -0.25) is 9.59 Å². The van der Waals surface area contributed by atoms with Gasteiger partial charge in [0.05, 0.1) is 7.11 Å². The van der Waals surface area contributed by atoms with Crippen LogP contribution in [0.15, 0.2) is 24.3 Å². The highest BCUT2D eigenvalue weighted by Gasteiger charge is 2.22. The van der Waals surface area contributed by atoms with Crippen LogP contribution in [0, 0.1) is 5.92 Å². The summed E-state index contributed by atoms with van der Waals surface area (Å²) >= 11 is 0. The smallest absolute Gasteiger partial charge is 0.220 e. The van der Waals surface area contributed by atoms with Crippen molar-refractivity contribution in [2.45, 2.75) is 32.2 Å². The summed E-state index contributed by atoms with van der Waals surface area (Å²) in [5.41, 5.74) is 0.612. The van der Waals surface area contributed by atoms with Crippen LogP contribution in [0.5, 0.6) is 5.75 Å². The van der Waals surface area contributed by atoms with Gasteiger partial charge in [-0.25, -0.2) is 0 Å². The number of benzene rings is 1. The van der Waals surface area contributed by atoms with Gasteiger partial charge in [0.15, 0.2) is 5.78 Å². The Balaban J connectivity index is 1.78. The number of carbonyl (C=O) groups excluding carboxylic acids is 2. The maximum absolute atomic E-state index is 12.1. The zero-order valence-corrected chi connectivity index (χ0v) is 13.2. The number of carbonyl (C=O) groups is 2. The predicted octanol–water partition coefficient (Wildman–Crippen LogP) is 1.77. The molecule has 5 nitrogen and oxygen atoms in total. The van der Waals surface area contributed by atoms with Gasteiger partial charge in [-0.2, -0.15) is 0 Å². The Morgan fingerprint density at radius 3 is 2.64 bits per heavy atom. The van der Waals surface area contributed by atoms with Crippen LogP contribution in [0.4, 0.5) is 0 Å². The molecule has 1 aromatic rings. The number of ether oxygens (including phenoxy) is 1. The van der Waals surface area contributed by atoms with Crippen molar-refractivity contribution in [1.82, 2.24) is 10.6 Å². The van der Waals surface area contributed by atoms with Gasteiger partial charge in [-0.05, 0) is 43.1 Å². The van der Waals surface area contributed by atoms with Crippen LogP contribution in [0.3, 0.4) is 0 Å². The highest BCUT2D eigenvalue weighted by Crippen LogP contribution is 2.14. The molecule has 1 amide bonds. The number of amides is 1. The average Bonchev–Trinajstić information content (AvgIpc) is 2.55. The number of methoxy groups -OCH3 is 1. The number of Topliss-reactive ketones (excluding diaryl/α,β-unsaturated/α-hetero) is 1. The second-order valence-corrected chi connectivity index (χ2v) is 5.80. The molecule has 0 bridgehead atoms. The molecule has 0 spiro atoms. The summed E-state index contributed by atoms with van der Waals surface area (Å²) in [5, 5.41) is 6.30. The first-order valence-corrected chi connectivity index (χ1v) is 7.77. The number of nitrogens with one attached hydrogen (secondary N) is 2. The Morgan fingerprint density at radius 1 is 1.27 bits per heavy atom. The van der Waals surface area contributed by atoms with Crippen LogP contribution in [-0.2, 0) is 4.79 Å². The highest BCUT2D eigenvalue weighted by molar-refractivity contribution is 5.98. The molecule has 1 saturated heterocycles. The minimum Gasteiger partial charge on any atom is -0.497 e. The third-order valence-electron chi connectivity index (χ3n) is 4.17. The molecular formula is C17H24N2O3. The summed E-state index contributed by atoms with van der Waals surface area (Å²) in [6.45, 7) is 3.96. The molecule has 1 heterocycles. The number of piperidine rings is 1. The topological polar surface area (TPSA) is 67.4 Å². The van der Waals surface area contributed by atoms with Gasteiger partial charge >= 0.3 is 0 Å². The number of ketones is 1. The van der Waals surface area contributed by atoms with E-state index in [2.05, 4.69) is 17.6 Å². The molecule has 1 aliphatic rings. The summed E-state index contributed by atoms with van der Waals surface area (Å²) in [6.07, 6.45) is 1.52. The summed E-state index contributed by atoms with van der Waals surface area (Å²) in [6, 6.07) is 7.13. The van der Waals surface area contributed by atoms with Gasteiger partial charge in [0, 0.05) is 31.0 Å².